The first-order valence-corrected chi connectivity index (χ1v) is 10.0. The Morgan fingerprint density at radius 3 is 2.56 bits per heavy atom. The molecule has 6 heteroatoms. The summed E-state index contributed by atoms with van der Waals surface area (Å²) in [7, 11) is 2.18. The molecule has 152 valence electrons. The van der Waals surface area contributed by atoms with Gasteiger partial charge in [0.2, 0.25) is 0 Å². The summed E-state index contributed by atoms with van der Waals surface area (Å²) in [6.07, 6.45) is 0. The summed E-state index contributed by atoms with van der Waals surface area (Å²) in [5.74, 6) is 0.624. The second kappa shape index (κ2) is 10.0. The summed E-state index contributed by atoms with van der Waals surface area (Å²) in [5, 5.41) is 6.80. The molecule has 0 bridgehead atoms. The van der Waals surface area contributed by atoms with Crippen LogP contribution in [0.15, 0.2) is 29.3 Å². The second-order valence-electron chi connectivity index (χ2n) is 8.16. The van der Waals surface area contributed by atoms with Crippen molar-refractivity contribution in [1.82, 2.24) is 20.4 Å². The van der Waals surface area contributed by atoms with Crippen LogP contribution in [0.1, 0.15) is 33.3 Å². The van der Waals surface area contributed by atoms with E-state index in [1.54, 1.807) is 12.1 Å². The third-order valence-corrected chi connectivity index (χ3v) is 5.31. The van der Waals surface area contributed by atoms with E-state index < -0.39 is 0 Å². The third kappa shape index (κ3) is 6.78. The molecule has 1 aliphatic rings. The lowest BCUT2D eigenvalue weighted by atomic mass is 9.85. The van der Waals surface area contributed by atoms with Crippen molar-refractivity contribution >= 4 is 5.96 Å². The lowest BCUT2D eigenvalue weighted by molar-refractivity contribution is 0.120. The van der Waals surface area contributed by atoms with Gasteiger partial charge < -0.3 is 15.5 Å². The highest BCUT2D eigenvalue weighted by molar-refractivity contribution is 5.79. The van der Waals surface area contributed by atoms with E-state index in [1.165, 1.54) is 6.07 Å². The van der Waals surface area contributed by atoms with E-state index in [4.69, 9.17) is 4.99 Å². The number of piperazine rings is 1. The van der Waals surface area contributed by atoms with Crippen molar-refractivity contribution in [2.45, 2.75) is 39.2 Å². The van der Waals surface area contributed by atoms with E-state index in [1.807, 2.05) is 6.07 Å². The van der Waals surface area contributed by atoms with Crippen LogP contribution in [0.2, 0.25) is 0 Å². The van der Waals surface area contributed by atoms with Crippen LogP contribution in [0.4, 0.5) is 4.39 Å². The molecule has 1 aromatic rings. The molecular formula is C21H36FN5. The number of hydrogen-bond acceptors (Lipinski definition) is 3. The minimum absolute atomic E-state index is 0.199. The zero-order valence-corrected chi connectivity index (χ0v) is 17.6. The maximum atomic E-state index is 13.6. The summed E-state index contributed by atoms with van der Waals surface area (Å²) in [5.41, 5.74) is 0.737. The van der Waals surface area contributed by atoms with Crippen LogP contribution >= 0.6 is 0 Å². The number of nitrogens with zero attached hydrogens (tertiary/aromatic N) is 3. The van der Waals surface area contributed by atoms with Gasteiger partial charge in [0.05, 0.1) is 6.54 Å². The van der Waals surface area contributed by atoms with Gasteiger partial charge >= 0.3 is 0 Å². The first-order chi connectivity index (χ1) is 12.8. The van der Waals surface area contributed by atoms with Gasteiger partial charge in [0.25, 0.3) is 0 Å². The van der Waals surface area contributed by atoms with Crippen LogP contribution in [0.5, 0.6) is 0 Å². The fraction of sp³-hybridized carbons (Fsp3) is 0.667. The maximum absolute atomic E-state index is 13.6. The Hall–Kier alpha value is -1.66. The topological polar surface area (TPSA) is 42.9 Å². The number of benzene rings is 1. The molecule has 0 radical (unpaired) electrons. The van der Waals surface area contributed by atoms with Gasteiger partial charge in [0, 0.05) is 50.7 Å². The Kier molecular flexibility index (Phi) is 8.05. The Bertz CT molecular complexity index is 608. The number of hydrogen-bond donors (Lipinski definition) is 2. The van der Waals surface area contributed by atoms with Gasteiger partial charge in [-0.2, -0.15) is 0 Å². The third-order valence-electron chi connectivity index (χ3n) is 5.31. The highest BCUT2D eigenvalue weighted by Crippen LogP contribution is 2.24. The standard InChI is InChI=1S/C21H36FN5/c1-6-23-20(24-15-17(2)27-12-10-26(5)11-13-27)25-16-21(3,4)18-8-7-9-19(22)14-18/h7-9,14,17H,6,10-13,15-16H2,1-5H3,(H2,23,24,25). The molecule has 2 rings (SSSR count). The van der Waals surface area contributed by atoms with E-state index >= 15 is 0 Å². The molecule has 1 atom stereocenters. The summed E-state index contributed by atoms with van der Waals surface area (Å²) in [6, 6.07) is 7.27. The molecule has 0 amide bonds. The predicted octanol–water partition coefficient (Wildman–Crippen LogP) is 2.29. The average molecular weight is 378 g/mol. The SMILES string of the molecule is CCNC(=NCC(C)(C)c1cccc(F)c1)NCC(C)N1CCN(C)CC1. The van der Waals surface area contributed by atoms with E-state index in [0.717, 1.165) is 50.8 Å². The molecule has 1 saturated heterocycles. The molecule has 0 aromatic heterocycles. The molecule has 1 aliphatic heterocycles. The van der Waals surface area contributed by atoms with Gasteiger partial charge in [-0.3, -0.25) is 9.89 Å². The Balaban J connectivity index is 1.93. The molecule has 27 heavy (non-hydrogen) atoms. The molecule has 1 fully saturated rings. The smallest absolute Gasteiger partial charge is 0.191 e. The normalized spacial score (nSPS) is 18.4. The number of aliphatic imine (C=N–C) groups is 1. The fourth-order valence-electron chi connectivity index (χ4n) is 3.26. The van der Waals surface area contributed by atoms with E-state index in [9.17, 15) is 4.39 Å². The van der Waals surface area contributed by atoms with Crippen LogP contribution in [0, 0.1) is 5.82 Å². The summed E-state index contributed by atoms with van der Waals surface area (Å²) < 4.78 is 13.6. The van der Waals surface area contributed by atoms with Crippen molar-refractivity contribution in [1.29, 1.82) is 0 Å². The lowest BCUT2D eigenvalue weighted by Crippen LogP contribution is -2.52. The molecule has 1 aromatic carbocycles. The van der Waals surface area contributed by atoms with Crippen LogP contribution in [0.25, 0.3) is 0 Å². The van der Waals surface area contributed by atoms with Crippen molar-refractivity contribution < 1.29 is 4.39 Å². The van der Waals surface area contributed by atoms with Gasteiger partial charge in [-0.15, -0.1) is 0 Å². The van der Waals surface area contributed by atoms with Crippen LogP contribution in [-0.4, -0.2) is 74.7 Å². The number of rotatable bonds is 7. The minimum Gasteiger partial charge on any atom is -0.357 e. The number of nitrogens with one attached hydrogen (secondary N) is 2. The van der Waals surface area contributed by atoms with Crippen molar-refractivity contribution in [2.24, 2.45) is 4.99 Å². The van der Waals surface area contributed by atoms with Gasteiger partial charge in [0.15, 0.2) is 5.96 Å². The number of guanidine groups is 1. The molecule has 2 N–H and O–H groups in total. The summed E-state index contributed by atoms with van der Waals surface area (Å²) >= 11 is 0. The first-order valence-electron chi connectivity index (χ1n) is 10.0. The lowest BCUT2D eigenvalue weighted by Gasteiger charge is -2.36. The monoisotopic (exact) mass is 377 g/mol. The van der Waals surface area contributed by atoms with E-state index in [-0.39, 0.29) is 11.2 Å². The van der Waals surface area contributed by atoms with E-state index in [0.29, 0.717) is 12.6 Å². The predicted molar refractivity (Wildman–Crippen MR) is 112 cm³/mol. The van der Waals surface area contributed by atoms with Gasteiger partial charge in [-0.1, -0.05) is 26.0 Å². The van der Waals surface area contributed by atoms with Gasteiger partial charge in [0.1, 0.15) is 5.82 Å². The quantitative estimate of drug-likeness (QED) is 0.565. The fourth-order valence-corrected chi connectivity index (χ4v) is 3.26. The molecule has 5 nitrogen and oxygen atoms in total. The minimum atomic E-state index is -0.229. The largest absolute Gasteiger partial charge is 0.357 e. The Morgan fingerprint density at radius 1 is 1.22 bits per heavy atom. The Morgan fingerprint density at radius 2 is 1.93 bits per heavy atom. The Labute approximate surface area is 164 Å². The molecule has 0 saturated carbocycles. The van der Waals surface area contributed by atoms with Crippen LogP contribution < -0.4 is 10.6 Å². The zero-order valence-electron chi connectivity index (χ0n) is 17.6. The molecular weight excluding hydrogens is 341 g/mol. The maximum Gasteiger partial charge on any atom is 0.191 e. The van der Waals surface area contributed by atoms with Crippen molar-refractivity contribution in [3.05, 3.63) is 35.6 Å². The first kappa shape index (κ1) is 21.6. The summed E-state index contributed by atoms with van der Waals surface area (Å²) in [4.78, 5) is 9.66. The summed E-state index contributed by atoms with van der Waals surface area (Å²) in [6.45, 7) is 15.3. The average Bonchev–Trinajstić information content (AvgIpc) is 2.64. The zero-order chi connectivity index (χ0) is 19.9. The number of likely N-dealkylation sites (N-methyl/N-ethyl adjacent to an activating group) is 1. The van der Waals surface area contributed by atoms with Crippen molar-refractivity contribution in [3.63, 3.8) is 0 Å². The highest BCUT2D eigenvalue weighted by Gasteiger charge is 2.22. The molecule has 1 unspecified atom stereocenters. The number of halogens is 1. The highest BCUT2D eigenvalue weighted by atomic mass is 19.1. The van der Waals surface area contributed by atoms with Crippen LogP contribution in [-0.2, 0) is 5.41 Å². The van der Waals surface area contributed by atoms with Crippen molar-refractivity contribution in [2.75, 3.05) is 52.9 Å². The second-order valence-corrected chi connectivity index (χ2v) is 8.16. The molecule has 0 aliphatic carbocycles. The molecule has 0 spiro atoms. The van der Waals surface area contributed by atoms with Gasteiger partial charge in [-0.25, -0.2) is 4.39 Å². The van der Waals surface area contributed by atoms with E-state index in [2.05, 4.69) is 55.2 Å². The van der Waals surface area contributed by atoms with Gasteiger partial charge in [-0.05, 0) is 38.6 Å². The van der Waals surface area contributed by atoms with Crippen molar-refractivity contribution in [3.8, 4) is 0 Å². The van der Waals surface area contributed by atoms with Crippen LogP contribution in [0.3, 0.4) is 0 Å². The molecule has 1 heterocycles.